The summed E-state index contributed by atoms with van der Waals surface area (Å²) >= 11 is 0. The van der Waals surface area contributed by atoms with Crippen molar-refractivity contribution in [1.29, 1.82) is 0 Å². The molecule has 0 bridgehead atoms. The van der Waals surface area contributed by atoms with E-state index in [4.69, 9.17) is 4.74 Å². The Labute approximate surface area is 128 Å². The van der Waals surface area contributed by atoms with Crippen LogP contribution in [-0.2, 0) is 0 Å². The van der Waals surface area contributed by atoms with Crippen LogP contribution in [0.15, 0.2) is 48.5 Å². The second-order valence-corrected chi connectivity index (χ2v) is 5.70. The van der Waals surface area contributed by atoms with Gasteiger partial charge >= 0.3 is 0 Å². The molecule has 0 heterocycles. The SMILES string of the molecule is Cc1ccc(-c2ccc(OCCCNC(C)C)cc2)cc1. The lowest BCUT2D eigenvalue weighted by molar-refractivity contribution is 0.306. The molecule has 0 saturated heterocycles. The number of benzene rings is 2. The smallest absolute Gasteiger partial charge is 0.119 e. The average Bonchev–Trinajstić information content (AvgIpc) is 2.48. The normalized spacial score (nSPS) is 10.9. The summed E-state index contributed by atoms with van der Waals surface area (Å²) in [5, 5.41) is 3.39. The van der Waals surface area contributed by atoms with Crippen molar-refractivity contribution in [1.82, 2.24) is 5.32 Å². The minimum Gasteiger partial charge on any atom is -0.494 e. The van der Waals surface area contributed by atoms with Gasteiger partial charge in [0.05, 0.1) is 6.61 Å². The monoisotopic (exact) mass is 283 g/mol. The Hall–Kier alpha value is -1.80. The highest BCUT2D eigenvalue weighted by Crippen LogP contribution is 2.22. The van der Waals surface area contributed by atoms with Gasteiger partial charge in [0.1, 0.15) is 5.75 Å². The molecule has 0 spiro atoms. The minimum absolute atomic E-state index is 0.541. The fourth-order valence-electron chi connectivity index (χ4n) is 2.14. The molecule has 1 N–H and O–H groups in total. The van der Waals surface area contributed by atoms with Crippen LogP contribution in [0.2, 0.25) is 0 Å². The highest BCUT2D eigenvalue weighted by molar-refractivity contribution is 5.64. The summed E-state index contributed by atoms with van der Waals surface area (Å²) < 4.78 is 5.76. The quantitative estimate of drug-likeness (QED) is 0.759. The summed E-state index contributed by atoms with van der Waals surface area (Å²) in [4.78, 5) is 0. The highest BCUT2D eigenvalue weighted by Gasteiger charge is 1.99. The first-order valence-corrected chi connectivity index (χ1v) is 7.68. The first-order chi connectivity index (χ1) is 10.1. The topological polar surface area (TPSA) is 21.3 Å². The van der Waals surface area contributed by atoms with Crippen molar-refractivity contribution in [3.05, 3.63) is 54.1 Å². The van der Waals surface area contributed by atoms with Gasteiger partial charge in [-0.15, -0.1) is 0 Å². The van der Waals surface area contributed by atoms with Crippen LogP contribution in [0.3, 0.4) is 0 Å². The van der Waals surface area contributed by atoms with Gasteiger partial charge in [-0.1, -0.05) is 55.8 Å². The van der Waals surface area contributed by atoms with E-state index in [2.05, 4.69) is 62.5 Å². The maximum absolute atomic E-state index is 5.76. The molecule has 2 nitrogen and oxygen atoms in total. The van der Waals surface area contributed by atoms with Crippen LogP contribution in [-0.4, -0.2) is 19.2 Å². The lowest BCUT2D eigenvalue weighted by Gasteiger charge is -2.10. The fourth-order valence-corrected chi connectivity index (χ4v) is 2.14. The second-order valence-electron chi connectivity index (χ2n) is 5.70. The minimum atomic E-state index is 0.541. The maximum atomic E-state index is 5.76. The molecule has 21 heavy (non-hydrogen) atoms. The van der Waals surface area contributed by atoms with Gasteiger partial charge in [0.2, 0.25) is 0 Å². The van der Waals surface area contributed by atoms with E-state index in [-0.39, 0.29) is 0 Å². The highest BCUT2D eigenvalue weighted by atomic mass is 16.5. The summed E-state index contributed by atoms with van der Waals surface area (Å²) in [6.45, 7) is 8.17. The molecule has 0 fully saturated rings. The molecule has 2 heteroatoms. The van der Waals surface area contributed by atoms with Crippen LogP contribution < -0.4 is 10.1 Å². The summed E-state index contributed by atoms with van der Waals surface area (Å²) in [7, 11) is 0. The third kappa shape index (κ3) is 5.24. The van der Waals surface area contributed by atoms with Gasteiger partial charge in [0, 0.05) is 6.04 Å². The van der Waals surface area contributed by atoms with E-state index in [1.165, 1.54) is 16.7 Å². The van der Waals surface area contributed by atoms with E-state index in [0.29, 0.717) is 6.04 Å². The van der Waals surface area contributed by atoms with E-state index < -0.39 is 0 Å². The molecule has 0 unspecified atom stereocenters. The van der Waals surface area contributed by atoms with Gasteiger partial charge in [-0.3, -0.25) is 0 Å². The molecule has 2 rings (SSSR count). The Morgan fingerprint density at radius 2 is 1.48 bits per heavy atom. The van der Waals surface area contributed by atoms with E-state index in [9.17, 15) is 0 Å². The first-order valence-electron chi connectivity index (χ1n) is 7.68. The predicted octanol–water partition coefficient (Wildman–Crippen LogP) is 4.43. The number of ether oxygens (including phenoxy) is 1. The molecule has 2 aromatic carbocycles. The lowest BCUT2D eigenvalue weighted by Crippen LogP contribution is -2.24. The van der Waals surface area contributed by atoms with E-state index in [0.717, 1.165) is 25.3 Å². The molecule has 0 saturated carbocycles. The zero-order chi connectivity index (χ0) is 15.1. The Morgan fingerprint density at radius 3 is 2.05 bits per heavy atom. The van der Waals surface area contributed by atoms with Crippen molar-refractivity contribution in [2.45, 2.75) is 33.2 Å². The zero-order valence-electron chi connectivity index (χ0n) is 13.2. The van der Waals surface area contributed by atoms with E-state index in [1.54, 1.807) is 0 Å². The van der Waals surface area contributed by atoms with Crippen LogP contribution >= 0.6 is 0 Å². The van der Waals surface area contributed by atoms with E-state index in [1.807, 2.05) is 12.1 Å². The number of aryl methyl sites for hydroxylation is 1. The lowest BCUT2D eigenvalue weighted by atomic mass is 10.0. The Kier molecular flexibility index (Phi) is 5.82. The standard InChI is InChI=1S/C19H25NO/c1-15(2)20-13-4-14-21-19-11-9-18(10-12-19)17-7-5-16(3)6-8-17/h5-12,15,20H,4,13-14H2,1-3H3. The van der Waals surface area contributed by atoms with Gasteiger partial charge < -0.3 is 10.1 Å². The van der Waals surface area contributed by atoms with Crippen LogP contribution in [0.4, 0.5) is 0 Å². The average molecular weight is 283 g/mol. The number of rotatable bonds is 7. The van der Waals surface area contributed by atoms with Gasteiger partial charge in [-0.25, -0.2) is 0 Å². The van der Waals surface area contributed by atoms with Gasteiger partial charge in [-0.2, -0.15) is 0 Å². The largest absolute Gasteiger partial charge is 0.494 e. The molecule has 0 atom stereocenters. The van der Waals surface area contributed by atoms with Crippen LogP contribution in [0.1, 0.15) is 25.8 Å². The van der Waals surface area contributed by atoms with Crippen molar-refractivity contribution in [2.75, 3.05) is 13.2 Å². The van der Waals surface area contributed by atoms with Crippen molar-refractivity contribution < 1.29 is 4.74 Å². The Balaban J connectivity index is 1.83. The van der Waals surface area contributed by atoms with Crippen molar-refractivity contribution in [2.24, 2.45) is 0 Å². The second kappa shape index (κ2) is 7.84. The Morgan fingerprint density at radius 1 is 0.905 bits per heavy atom. The van der Waals surface area contributed by atoms with Crippen LogP contribution in [0, 0.1) is 6.92 Å². The van der Waals surface area contributed by atoms with Crippen LogP contribution in [0.25, 0.3) is 11.1 Å². The van der Waals surface area contributed by atoms with Gasteiger partial charge in [0.25, 0.3) is 0 Å². The molecular formula is C19H25NO. The van der Waals surface area contributed by atoms with Gasteiger partial charge in [0.15, 0.2) is 0 Å². The fraction of sp³-hybridized carbons (Fsp3) is 0.368. The number of hydrogen-bond donors (Lipinski definition) is 1. The Bertz CT molecular complexity index is 528. The third-order valence-corrected chi connectivity index (χ3v) is 3.38. The van der Waals surface area contributed by atoms with Crippen LogP contribution in [0.5, 0.6) is 5.75 Å². The molecule has 0 amide bonds. The summed E-state index contributed by atoms with van der Waals surface area (Å²) in [6.07, 6.45) is 1.03. The molecule has 0 aliphatic heterocycles. The summed E-state index contributed by atoms with van der Waals surface area (Å²) in [6, 6.07) is 17.5. The molecule has 2 aromatic rings. The number of nitrogens with one attached hydrogen (secondary N) is 1. The first kappa shape index (κ1) is 15.6. The molecule has 0 aromatic heterocycles. The number of hydrogen-bond acceptors (Lipinski definition) is 2. The molecule has 0 aliphatic rings. The molecular weight excluding hydrogens is 258 g/mol. The predicted molar refractivity (Wildman–Crippen MR) is 89.9 cm³/mol. The molecule has 0 aliphatic carbocycles. The molecule has 112 valence electrons. The van der Waals surface area contributed by atoms with E-state index >= 15 is 0 Å². The summed E-state index contributed by atoms with van der Waals surface area (Å²) in [5.74, 6) is 0.940. The maximum Gasteiger partial charge on any atom is 0.119 e. The zero-order valence-corrected chi connectivity index (χ0v) is 13.2. The summed E-state index contributed by atoms with van der Waals surface area (Å²) in [5.41, 5.74) is 3.76. The third-order valence-electron chi connectivity index (χ3n) is 3.38. The van der Waals surface area contributed by atoms with Gasteiger partial charge in [-0.05, 0) is 43.1 Å². The molecule has 0 radical (unpaired) electrons. The van der Waals surface area contributed by atoms with Crippen molar-refractivity contribution in [3.63, 3.8) is 0 Å². The van der Waals surface area contributed by atoms with Crippen molar-refractivity contribution in [3.8, 4) is 16.9 Å². The van der Waals surface area contributed by atoms with Crippen molar-refractivity contribution >= 4 is 0 Å².